The summed E-state index contributed by atoms with van der Waals surface area (Å²) in [6.07, 6.45) is 0.883. The fourth-order valence-corrected chi connectivity index (χ4v) is 3.04. The van der Waals surface area contributed by atoms with E-state index in [0.717, 1.165) is 69.8 Å². The van der Waals surface area contributed by atoms with Gasteiger partial charge in [0.25, 0.3) is 0 Å². The monoisotopic (exact) mass is 520 g/mol. The molecule has 0 bridgehead atoms. The molecule has 8 heteroatoms. The van der Waals surface area contributed by atoms with Gasteiger partial charge in [0.05, 0.1) is 33.5 Å². The van der Waals surface area contributed by atoms with E-state index < -0.39 is 0 Å². The SMILES string of the molecule is CCNC(=NCC(C)(C)N1CCOCC1)NCCCOc1cccc(OC)c1.I. The van der Waals surface area contributed by atoms with Gasteiger partial charge in [0.15, 0.2) is 5.96 Å². The molecular weight excluding hydrogens is 483 g/mol. The molecule has 1 aromatic carbocycles. The van der Waals surface area contributed by atoms with Crippen molar-refractivity contribution in [3.8, 4) is 11.5 Å². The van der Waals surface area contributed by atoms with Gasteiger partial charge in [-0.25, -0.2) is 0 Å². The van der Waals surface area contributed by atoms with Crippen molar-refractivity contribution >= 4 is 29.9 Å². The van der Waals surface area contributed by atoms with Gasteiger partial charge in [0, 0.05) is 37.8 Å². The van der Waals surface area contributed by atoms with E-state index in [0.29, 0.717) is 6.61 Å². The quantitative estimate of drug-likeness (QED) is 0.214. The standard InChI is InChI=1S/C21H36N4O3.HI/c1-5-22-20(24-17-21(2,3)25-11-14-27-15-12-25)23-10-7-13-28-19-9-6-8-18(16-19)26-4;/h6,8-9,16H,5,7,10-15,17H2,1-4H3,(H2,22,23,24);1H. The number of rotatable bonds is 10. The van der Waals surface area contributed by atoms with E-state index >= 15 is 0 Å². The molecule has 1 heterocycles. The molecule has 1 saturated heterocycles. The van der Waals surface area contributed by atoms with Gasteiger partial charge in [-0.1, -0.05) is 6.07 Å². The van der Waals surface area contributed by atoms with Gasteiger partial charge >= 0.3 is 0 Å². The minimum Gasteiger partial charge on any atom is -0.497 e. The van der Waals surface area contributed by atoms with E-state index in [1.165, 1.54) is 0 Å². The van der Waals surface area contributed by atoms with E-state index in [9.17, 15) is 0 Å². The molecule has 0 atom stereocenters. The number of nitrogens with zero attached hydrogens (tertiary/aromatic N) is 2. The Kier molecular flexibility index (Phi) is 12.3. The highest BCUT2D eigenvalue weighted by molar-refractivity contribution is 14.0. The number of aliphatic imine (C=N–C) groups is 1. The van der Waals surface area contributed by atoms with Gasteiger partial charge in [-0.15, -0.1) is 24.0 Å². The zero-order chi connectivity index (χ0) is 20.2. The fourth-order valence-electron chi connectivity index (χ4n) is 3.04. The Balaban J connectivity index is 0.00000420. The molecule has 0 radical (unpaired) electrons. The predicted molar refractivity (Wildman–Crippen MR) is 129 cm³/mol. The molecule has 1 aromatic rings. The Morgan fingerprint density at radius 3 is 2.62 bits per heavy atom. The van der Waals surface area contributed by atoms with Crippen LogP contribution >= 0.6 is 24.0 Å². The first-order valence-electron chi connectivity index (χ1n) is 10.2. The summed E-state index contributed by atoms with van der Waals surface area (Å²) in [4.78, 5) is 7.24. The number of benzene rings is 1. The fraction of sp³-hybridized carbons (Fsp3) is 0.667. The van der Waals surface area contributed by atoms with E-state index in [1.54, 1.807) is 7.11 Å². The van der Waals surface area contributed by atoms with Crippen LogP contribution in [0.2, 0.25) is 0 Å². The Morgan fingerprint density at radius 1 is 1.21 bits per heavy atom. The average molecular weight is 520 g/mol. The normalized spacial score (nSPS) is 15.4. The maximum atomic E-state index is 5.79. The molecule has 0 saturated carbocycles. The molecular formula is C21H37IN4O3. The number of guanidine groups is 1. The molecule has 1 fully saturated rings. The third kappa shape index (κ3) is 9.39. The van der Waals surface area contributed by atoms with Crippen LogP contribution in [-0.2, 0) is 4.74 Å². The lowest BCUT2D eigenvalue weighted by Crippen LogP contribution is -2.52. The smallest absolute Gasteiger partial charge is 0.191 e. The number of ether oxygens (including phenoxy) is 3. The topological polar surface area (TPSA) is 67.4 Å². The summed E-state index contributed by atoms with van der Waals surface area (Å²) in [6, 6.07) is 7.67. The second-order valence-electron chi connectivity index (χ2n) is 7.41. The molecule has 0 unspecified atom stereocenters. The van der Waals surface area contributed by atoms with Crippen LogP contribution in [0, 0.1) is 0 Å². The van der Waals surface area contributed by atoms with Crippen molar-refractivity contribution < 1.29 is 14.2 Å². The van der Waals surface area contributed by atoms with Crippen LogP contribution < -0.4 is 20.1 Å². The number of nitrogens with one attached hydrogen (secondary N) is 2. The molecule has 0 spiro atoms. The zero-order valence-electron chi connectivity index (χ0n) is 18.2. The Hall–Kier alpha value is -1.26. The highest BCUT2D eigenvalue weighted by atomic mass is 127. The van der Waals surface area contributed by atoms with Crippen LogP contribution in [0.3, 0.4) is 0 Å². The first kappa shape index (κ1) is 25.8. The summed E-state index contributed by atoms with van der Waals surface area (Å²) >= 11 is 0. The average Bonchev–Trinajstić information content (AvgIpc) is 2.72. The van der Waals surface area contributed by atoms with Gasteiger partial charge in [-0.2, -0.15) is 0 Å². The number of hydrogen-bond acceptors (Lipinski definition) is 5. The van der Waals surface area contributed by atoms with E-state index in [2.05, 4.69) is 36.3 Å². The van der Waals surface area contributed by atoms with E-state index in [4.69, 9.17) is 19.2 Å². The number of morpholine rings is 1. The van der Waals surface area contributed by atoms with Gasteiger partial charge < -0.3 is 24.8 Å². The second kappa shape index (κ2) is 13.9. The van der Waals surface area contributed by atoms with Gasteiger partial charge in [0.2, 0.25) is 0 Å². The summed E-state index contributed by atoms with van der Waals surface area (Å²) < 4.78 is 16.5. The molecule has 166 valence electrons. The first-order valence-corrected chi connectivity index (χ1v) is 10.2. The summed E-state index contributed by atoms with van der Waals surface area (Å²) in [5, 5.41) is 6.72. The highest BCUT2D eigenvalue weighted by Crippen LogP contribution is 2.19. The minimum absolute atomic E-state index is 0. The van der Waals surface area contributed by atoms with Crippen molar-refractivity contribution in [2.45, 2.75) is 32.7 Å². The third-order valence-corrected chi connectivity index (χ3v) is 4.76. The van der Waals surface area contributed by atoms with Crippen LogP contribution in [-0.4, -0.2) is 76.1 Å². The Labute approximate surface area is 192 Å². The minimum atomic E-state index is 0. The first-order chi connectivity index (χ1) is 13.5. The molecule has 7 nitrogen and oxygen atoms in total. The molecule has 0 amide bonds. The summed E-state index contributed by atoms with van der Waals surface area (Å²) in [6.45, 7) is 13.1. The molecule has 1 aliphatic heterocycles. The maximum absolute atomic E-state index is 5.79. The van der Waals surface area contributed by atoms with Crippen molar-refractivity contribution in [2.24, 2.45) is 4.99 Å². The summed E-state index contributed by atoms with van der Waals surface area (Å²) in [7, 11) is 1.66. The molecule has 0 aromatic heterocycles. The lowest BCUT2D eigenvalue weighted by molar-refractivity contribution is -0.00683. The van der Waals surface area contributed by atoms with Crippen LogP contribution in [0.5, 0.6) is 11.5 Å². The van der Waals surface area contributed by atoms with Gasteiger partial charge in [-0.3, -0.25) is 9.89 Å². The van der Waals surface area contributed by atoms with Gasteiger partial charge in [0.1, 0.15) is 11.5 Å². The van der Waals surface area contributed by atoms with Crippen LogP contribution in [0.15, 0.2) is 29.3 Å². The van der Waals surface area contributed by atoms with Crippen molar-refractivity contribution in [3.05, 3.63) is 24.3 Å². The molecule has 2 rings (SSSR count). The highest BCUT2D eigenvalue weighted by Gasteiger charge is 2.28. The zero-order valence-corrected chi connectivity index (χ0v) is 20.5. The molecule has 29 heavy (non-hydrogen) atoms. The lowest BCUT2D eigenvalue weighted by atomic mass is 10.0. The summed E-state index contributed by atoms with van der Waals surface area (Å²) in [5.74, 6) is 2.48. The molecule has 0 aliphatic carbocycles. The van der Waals surface area contributed by atoms with Crippen LogP contribution in [0.1, 0.15) is 27.2 Å². The summed E-state index contributed by atoms with van der Waals surface area (Å²) in [5.41, 5.74) is 0.0155. The number of halogens is 1. The van der Waals surface area contributed by atoms with Crippen molar-refractivity contribution in [1.82, 2.24) is 15.5 Å². The number of methoxy groups -OCH3 is 1. The molecule has 1 aliphatic rings. The Morgan fingerprint density at radius 2 is 1.93 bits per heavy atom. The largest absolute Gasteiger partial charge is 0.497 e. The second-order valence-corrected chi connectivity index (χ2v) is 7.41. The van der Waals surface area contributed by atoms with Gasteiger partial charge in [-0.05, 0) is 39.3 Å². The van der Waals surface area contributed by atoms with E-state index in [1.807, 2.05) is 24.3 Å². The van der Waals surface area contributed by atoms with E-state index in [-0.39, 0.29) is 29.5 Å². The van der Waals surface area contributed by atoms with Crippen molar-refractivity contribution in [1.29, 1.82) is 0 Å². The Bertz CT molecular complexity index is 607. The van der Waals surface area contributed by atoms with Crippen LogP contribution in [0.25, 0.3) is 0 Å². The third-order valence-electron chi connectivity index (χ3n) is 4.76. The maximum Gasteiger partial charge on any atom is 0.191 e. The van der Waals surface area contributed by atoms with Crippen LogP contribution in [0.4, 0.5) is 0 Å². The molecule has 2 N–H and O–H groups in total. The van der Waals surface area contributed by atoms with Crippen molar-refractivity contribution in [3.63, 3.8) is 0 Å². The van der Waals surface area contributed by atoms with Crippen molar-refractivity contribution in [2.75, 3.05) is 59.7 Å². The number of hydrogen-bond donors (Lipinski definition) is 2. The predicted octanol–water partition coefficient (Wildman–Crippen LogP) is 2.75. The lowest BCUT2D eigenvalue weighted by Gasteiger charge is -2.39.